The number of nitrogens with zero attached hydrogens (tertiary/aromatic N) is 3. The fourth-order valence-electron chi connectivity index (χ4n) is 2.64. The number of hydrogen-bond acceptors (Lipinski definition) is 3. The van der Waals surface area contributed by atoms with Gasteiger partial charge in [0.15, 0.2) is 0 Å². The highest BCUT2D eigenvalue weighted by Gasteiger charge is 2.25. The largest absolute Gasteiger partial charge is 0.334 e. The van der Waals surface area contributed by atoms with Crippen LogP contribution in [-0.2, 0) is 20.0 Å². The third kappa shape index (κ3) is 2.52. The summed E-state index contributed by atoms with van der Waals surface area (Å²) in [5, 5.41) is 0.592. The lowest BCUT2D eigenvalue weighted by atomic mass is 10.1. The second kappa shape index (κ2) is 5.57. The Morgan fingerprint density at radius 2 is 1.95 bits per heavy atom. The van der Waals surface area contributed by atoms with E-state index in [-0.39, 0.29) is 11.5 Å². The van der Waals surface area contributed by atoms with Crippen molar-refractivity contribution in [2.45, 2.75) is 19.9 Å². The minimum absolute atomic E-state index is 0.0730. The van der Waals surface area contributed by atoms with E-state index in [4.69, 9.17) is 11.6 Å². The van der Waals surface area contributed by atoms with Crippen LogP contribution in [0.1, 0.15) is 27.4 Å². The summed E-state index contributed by atoms with van der Waals surface area (Å²) >= 11 is 5.84. The Bertz CT molecular complexity index is 796. The number of carbonyl (C=O) groups excluding carboxylic acids is 1. The molecule has 1 aromatic heterocycles. The molecule has 5 nitrogen and oxygen atoms in total. The van der Waals surface area contributed by atoms with Gasteiger partial charge < -0.3 is 4.90 Å². The predicted molar refractivity (Wildman–Crippen MR) is 84.1 cm³/mol. The second-order valence-electron chi connectivity index (χ2n) is 5.43. The zero-order chi connectivity index (χ0) is 15.9. The first kappa shape index (κ1) is 14.8. The van der Waals surface area contributed by atoms with E-state index in [2.05, 4.69) is 4.98 Å². The van der Waals surface area contributed by atoms with Crippen molar-refractivity contribution < 1.29 is 4.79 Å². The highest BCUT2D eigenvalue weighted by molar-refractivity contribution is 6.30. The lowest BCUT2D eigenvalue weighted by molar-refractivity contribution is 0.0732. The molecule has 0 fully saturated rings. The van der Waals surface area contributed by atoms with Crippen molar-refractivity contribution in [1.29, 1.82) is 0 Å². The molecule has 1 aromatic carbocycles. The molecule has 0 saturated heterocycles. The molecule has 2 heterocycles. The Hall–Kier alpha value is -2.14. The van der Waals surface area contributed by atoms with Crippen molar-refractivity contribution in [2.24, 2.45) is 7.05 Å². The van der Waals surface area contributed by atoms with Crippen molar-refractivity contribution in [3.63, 3.8) is 0 Å². The van der Waals surface area contributed by atoms with Gasteiger partial charge in [-0.3, -0.25) is 14.2 Å². The van der Waals surface area contributed by atoms with Crippen LogP contribution in [0.25, 0.3) is 0 Å². The molecule has 0 N–H and O–H groups in total. The van der Waals surface area contributed by atoms with E-state index in [1.807, 2.05) is 6.92 Å². The predicted octanol–water partition coefficient (Wildman–Crippen LogP) is 1.94. The van der Waals surface area contributed by atoms with Gasteiger partial charge >= 0.3 is 0 Å². The van der Waals surface area contributed by atoms with Crippen LogP contribution >= 0.6 is 11.6 Å². The molecule has 0 spiro atoms. The summed E-state index contributed by atoms with van der Waals surface area (Å²) in [5.74, 6) is 0.603. The molecule has 1 aliphatic rings. The standard InChI is InChI=1S/C16H16ClN3O2/c1-10-18-14-7-8-20(9-13(14)16(22)19(10)2)15(21)11-3-5-12(17)6-4-11/h3-6H,7-9H2,1-2H3. The highest BCUT2D eigenvalue weighted by atomic mass is 35.5. The molecule has 1 aliphatic heterocycles. The lowest BCUT2D eigenvalue weighted by Crippen LogP contribution is -2.41. The number of aryl methyl sites for hydroxylation is 1. The second-order valence-corrected chi connectivity index (χ2v) is 5.87. The zero-order valence-electron chi connectivity index (χ0n) is 12.5. The Labute approximate surface area is 133 Å². The van der Waals surface area contributed by atoms with Crippen molar-refractivity contribution in [1.82, 2.24) is 14.5 Å². The van der Waals surface area contributed by atoms with Gasteiger partial charge in [-0.2, -0.15) is 0 Å². The van der Waals surface area contributed by atoms with E-state index < -0.39 is 0 Å². The normalized spacial score (nSPS) is 13.9. The number of rotatable bonds is 1. The molecule has 1 amide bonds. The van der Waals surface area contributed by atoms with E-state index in [9.17, 15) is 9.59 Å². The Morgan fingerprint density at radius 3 is 2.64 bits per heavy atom. The molecule has 3 rings (SSSR count). The first-order valence-corrected chi connectivity index (χ1v) is 7.45. The quantitative estimate of drug-likeness (QED) is 0.807. The summed E-state index contributed by atoms with van der Waals surface area (Å²) in [5.41, 5.74) is 1.92. The summed E-state index contributed by atoms with van der Waals surface area (Å²) in [7, 11) is 1.70. The van der Waals surface area contributed by atoms with Crippen molar-refractivity contribution >= 4 is 17.5 Å². The van der Waals surface area contributed by atoms with Crippen molar-refractivity contribution in [3.05, 3.63) is 62.3 Å². The third-order valence-electron chi connectivity index (χ3n) is 4.04. The van der Waals surface area contributed by atoms with Crippen LogP contribution in [-0.4, -0.2) is 26.9 Å². The van der Waals surface area contributed by atoms with Crippen LogP contribution in [0.4, 0.5) is 0 Å². The molecular weight excluding hydrogens is 302 g/mol. The van der Waals surface area contributed by atoms with E-state index in [0.717, 1.165) is 5.69 Å². The smallest absolute Gasteiger partial charge is 0.258 e. The van der Waals surface area contributed by atoms with Crippen LogP contribution in [0.3, 0.4) is 0 Å². The van der Waals surface area contributed by atoms with Crippen LogP contribution in [0.15, 0.2) is 29.1 Å². The first-order chi connectivity index (χ1) is 10.5. The van der Waals surface area contributed by atoms with Crippen LogP contribution in [0.5, 0.6) is 0 Å². The molecule has 22 heavy (non-hydrogen) atoms. The number of fused-ring (bicyclic) bond motifs is 1. The average Bonchev–Trinajstić information content (AvgIpc) is 2.52. The topological polar surface area (TPSA) is 55.2 Å². The summed E-state index contributed by atoms with van der Waals surface area (Å²) < 4.78 is 1.52. The van der Waals surface area contributed by atoms with Gasteiger partial charge in [0.25, 0.3) is 11.5 Å². The van der Waals surface area contributed by atoms with E-state index >= 15 is 0 Å². The highest BCUT2D eigenvalue weighted by Crippen LogP contribution is 2.18. The summed E-state index contributed by atoms with van der Waals surface area (Å²) in [6.45, 7) is 2.68. The maximum absolute atomic E-state index is 12.5. The molecule has 2 aromatic rings. The Morgan fingerprint density at radius 1 is 1.27 bits per heavy atom. The van der Waals surface area contributed by atoms with E-state index in [1.54, 1.807) is 36.2 Å². The molecular formula is C16H16ClN3O2. The van der Waals surface area contributed by atoms with Gasteiger partial charge in [0.1, 0.15) is 5.82 Å². The number of carbonyl (C=O) groups is 1. The Balaban J connectivity index is 1.91. The summed E-state index contributed by atoms with van der Waals surface area (Å²) in [6, 6.07) is 6.78. The number of aromatic nitrogens is 2. The van der Waals surface area contributed by atoms with Gasteiger partial charge in [0.05, 0.1) is 17.8 Å². The van der Waals surface area contributed by atoms with Gasteiger partial charge in [-0.1, -0.05) is 11.6 Å². The van der Waals surface area contributed by atoms with Gasteiger partial charge in [-0.05, 0) is 31.2 Å². The number of hydrogen-bond donors (Lipinski definition) is 0. The van der Waals surface area contributed by atoms with Gasteiger partial charge in [0, 0.05) is 30.6 Å². The molecule has 114 valence electrons. The summed E-state index contributed by atoms with van der Waals surface area (Å²) in [4.78, 5) is 31.0. The first-order valence-electron chi connectivity index (χ1n) is 7.07. The van der Waals surface area contributed by atoms with Crippen molar-refractivity contribution in [2.75, 3.05) is 6.54 Å². The summed E-state index contributed by atoms with van der Waals surface area (Å²) in [6.07, 6.45) is 0.603. The number of amides is 1. The van der Waals surface area contributed by atoms with Gasteiger partial charge in [-0.25, -0.2) is 4.98 Å². The fraction of sp³-hybridized carbons (Fsp3) is 0.312. The maximum atomic E-state index is 12.5. The monoisotopic (exact) mass is 317 g/mol. The molecule has 0 atom stereocenters. The lowest BCUT2D eigenvalue weighted by Gasteiger charge is -2.28. The molecule has 0 unspecified atom stereocenters. The van der Waals surface area contributed by atoms with Crippen LogP contribution in [0.2, 0.25) is 5.02 Å². The van der Waals surface area contributed by atoms with E-state index in [0.29, 0.717) is 41.5 Å². The minimum Gasteiger partial charge on any atom is -0.334 e. The zero-order valence-corrected chi connectivity index (χ0v) is 13.2. The van der Waals surface area contributed by atoms with Crippen LogP contribution in [0, 0.1) is 6.92 Å². The van der Waals surface area contributed by atoms with E-state index in [1.165, 1.54) is 4.57 Å². The molecule has 0 aliphatic carbocycles. The molecule has 0 bridgehead atoms. The molecule has 0 saturated carbocycles. The SMILES string of the molecule is Cc1nc2c(c(=O)n1C)CN(C(=O)c1ccc(Cl)cc1)CC2. The van der Waals surface area contributed by atoms with Gasteiger partial charge in [-0.15, -0.1) is 0 Å². The fourth-order valence-corrected chi connectivity index (χ4v) is 2.76. The third-order valence-corrected chi connectivity index (χ3v) is 4.29. The number of benzene rings is 1. The van der Waals surface area contributed by atoms with Crippen molar-refractivity contribution in [3.8, 4) is 0 Å². The van der Waals surface area contributed by atoms with Crippen LogP contribution < -0.4 is 5.56 Å². The minimum atomic E-state index is -0.0926. The van der Waals surface area contributed by atoms with Gasteiger partial charge in [0.2, 0.25) is 0 Å². The Kier molecular flexibility index (Phi) is 3.74. The molecule has 0 radical (unpaired) electrons. The molecule has 6 heteroatoms. The maximum Gasteiger partial charge on any atom is 0.258 e. The average molecular weight is 318 g/mol. The number of halogens is 1.